The van der Waals surface area contributed by atoms with Crippen LogP contribution in [0, 0.1) is 6.92 Å². The Labute approximate surface area is 125 Å². The van der Waals surface area contributed by atoms with Gasteiger partial charge in [0.15, 0.2) is 0 Å². The van der Waals surface area contributed by atoms with E-state index in [2.05, 4.69) is 9.71 Å². The van der Waals surface area contributed by atoms with E-state index in [0.717, 1.165) is 16.7 Å². The lowest BCUT2D eigenvalue weighted by molar-refractivity contribution is 0.581. The molecule has 3 N–H and O–H groups in total. The first-order chi connectivity index (χ1) is 10.0. The fourth-order valence-corrected chi connectivity index (χ4v) is 3.14. The van der Waals surface area contributed by atoms with Gasteiger partial charge in [0.05, 0.1) is 4.90 Å². The Balaban J connectivity index is 2.03. The molecular weight excluding hydrogens is 286 g/mol. The topological polar surface area (TPSA) is 85.1 Å². The van der Waals surface area contributed by atoms with Gasteiger partial charge in [-0.05, 0) is 54.3 Å². The van der Waals surface area contributed by atoms with Crippen molar-refractivity contribution < 1.29 is 8.42 Å². The molecule has 0 spiro atoms. The summed E-state index contributed by atoms with van der Waals surface area (Å²) in [5.41, 5.74) is 8.46. The lowest BCUT2D eigenvalue weighted by atomic mass is 10.1. The molecule has 5 nitrogen and oxygen atoms in total. The number of nitrogens with zero attached hydrogens (tertiary/aromatic N) is 1. The van der Waals surface area contributed by atoms with Gasteiger partial charge in [-0.2, -0.15) is 0 Å². The van der Waals surface area contributed by atoms with Crippen LogP contribution in [-0.4, -0.2) is 19.9 Å². The second-order valence-electron chi connectivity index (χ2n) is 4.80. The maximum Gasteiger partial charge on any atom is 0.240 e. The van der Waals surface area contributed by atoms with Crippen molar-refractivity contribution in [2.45, 2.75) is 24.8 Å². The standard InChI is InChI=1S/C15H19N3O2S/c1-12-10-15(3-2-14(12)11-16)21(19,20)18-9-6-13-4-7-17-8-5-13/h2-5,7-8,10,18H,6,9,11,16H2,1H3. The van der Waals surface area contributed by atoms with Crippen molar-refractivity contribution >= 4 is 10.0 Å². The third kappa shape index (κ3) is 4.10. The number of rotatable bonds is 6. The van der Waals surface area contributed by atoms with E-state index in [1.54, 1.807) is 30.6 Å². The quantitative estimate of drug-likeness (QED) is 0.844. The van der Waals surface area contributed by atoms with Crippen molar-refractivity contribution in [2.75, 3.05) is 6.54 Å². The molecule has 0 radical (unpaired) electrons. The Morgan fingerprint density at radius 2 is 1.90 bits per heavy atom. The summed E-state index contributed by atoms with van der Waals surface area (Å²) in [4.78, 5) is 4.20. The molecule has 0 unspecified atom stereocenters. The minimum atomic E-state index is -3.48. The van der Waals surface area contributed by atoms with Gasteiger partial charge in [-0.15, -0.1) is 0 Å². The van der Waals surface area contributed by atoms with E-state index in [-0.39, 0.29) is 4.90 Å². The fourth-order valence-electron chi connectivity index (χ4n) is 2.03. The van der Waals surface area contributed by atoms with Crippen molar-refractivity contribution in [3.8, 4) is 0 Å². The van der Waals surface area contributed by atoms with Crippen molar-refractivity contribution in [1.82, 2.24) is 9.71 Å². The highest BCUT2D eigenvalue weighted by Crippen LogP contribution is 2.15. The molecule has 0 saturated heterocycles. The Bertz CT molecular complexity index is 700. The van der Waals surface area contributed by atoms with Crippen LogP contribution in [0.1, 0.15) is 16.7 Å². The van der Waals surface area contributed by atoms with Gasteiger partial charge < -0.3 is 5.73 Å². The summed E-state index contributed by atoms with van der Waals surface area (Å²) in [6.45, 7) is 2.61. The van der Waals surface area contributed by atoms with Gasteiger partial charge in [-0.3, -0.25) is 4.98 Å². The summed E-state index contributed by atoms with van der Waals surface area (Å²) in [5, 5.41) is 0. The predicted octanol–water partition coefficient (Wildman–Crippen LogP) is 1.37. The maximum atomic E-state index is 12.2. The highest BCUT2D eigenvalue weighted by atomic mass is 32.2. The van der Waals surface area contributed by atoms with Crippen LogP contribution in [0.4, 0.5) is 0 Å². The Hall–Kier alpha value is -1.76. The predicted molar refractivity (Wildman–Crippen MR) is 82.2 cm³/mol. The lowest BCUT2D eigenvalue weighted by Crippen LogP contribution is -2.26. The molecule has 1 aromatic carbocycles. The minimum absolute atomic E-state index is 0.270. The summed E-state index contributed by atoms with van der Waals surface area (Å²) in [5.74, 6) is 0. The van der Waals surface area contributed by atoms with E-state index in [1.165, 1.54) is 0 Å². The maximum absolute atomic E-state index is 12.2. The normalized spacial score (nSPS) is 11.5. The molecule has 1 aromatic heterocycles. The second-order valence-corrected chi connectivity index (χ2v) is 6.56. The molecule has 0 aliphatic heterocycles. The first-order valence-corrected chi connectivity index (χ1v) is 8.19. The van der Waals surface area contributed by atoms with Gasteiger partial charge in [0.1, 0.15) is 0 Å². The molecule has 0 aliphatic carbocycles. The van der Waals surface area contributed by atoms with E-state index < -0.39 is 10.0 Å². The molecule has 112 valence electrons. The van der Waals surface area contributed by atoms with E-state index >= 15 is 0 Å². The van der Waals surface area contributed by atoms with Crippen molar-refractivity contribution in [2.24, 2.45) is 5.73 Å². The van der Waals surface area contributed by atoms with E-state index in [9.17, 15) is 8.42 Å². The lowest BCUT2D eigenvalue weighted by Gasteiger charge is -2.09. The number of nitrogens with two attached hydrogens (primary N) is 1. The zero-order valence-corrected chi connectivity index (χ0v) is 12.7. The molecule has 0 aliphatic rings. The average molecular weight is 305 g/mol. The number of pyridine rings is 1. The molecular formula is C15H19N3O2S. The molecule has 2 aromatic rings. The van der Waals surface area contributed by atoms with E-state index in [0.29, 0.717) is 19.5 Å². The van der Waals surface area contributed by atoms with Crippen LogP contribution in [0.25, 0.3) is 0 Å². The molecule has 21 heavy (non-hydrogen) atoms. The fraction of sp³-hybridized carbons (Fsp3) is 0.267. The van der Waals surface area contributed by atoms with Gasteiger partial charge in [-0.1, -0.05) is 6.07 Å². The summed E-state index contributed by atoms with van der Waals surface area (Å²) in [7, 11) is -3.48. The number of sulfonamides is 1. The first-order valence-electron chi connectivity index (χ1n) is 6.71. The Kier molecular flexibility index (Phi) is 5.06. The highest BCUT2D eigenvalue weighted by Gasteiger charge is 2.14. The van der Waals surface area contributed by atoms with Crippen LogP contribution < -0.4 is 10.5 Å². The van der Waals surface area contributed by atoms with Crippen LogP contribution >= 0.6 is 0 Å². The number of nitrogens with one attached hydrogen (secondary N) is 1. The van der Waals surface area contributed by atoms with E-state index in [4.69, 9.17) is 5.73 Å². The van der Waals surface area contributed by atoms with Crippen LogP contribution in [0.15, 0.2) is 47.6 Å². The average Bonchev–Trinajstić information content (AvgIpc) is 2.48. The van der Waals surface area contributed by atoms with Crippen LogP contribution in [0.5, 0.6) is 0 Å². The molecule has 0 atom stereocenters. The molecule has 2 rings (SSSR count). The smallest absolute Gasteiger partial charge is 0.240 e. The number of benzene rings is 1. The summed E-state index contributed by atoms with van der Waals surface area (Å²) >= 11 is 0. The Morgan fingerprint density at radius 3 is 2.52 bits per heavy atom. The largest absolute Gasteiger partial charge is 0.326 e. The molecule has 6 heteroatoms. The number of hydrogen-bond acceptors (Lipinski definition) is 4. The van der Waals surface area contributed by atoms with E-state index in [1.807, 2.05) is 19.1 Å². The highest BCUT2D eigenvalue weighted by molar-refractivity contribution is 7.89. The van der Waals surface area contributed by atoms with Crippen molar-refractivity contribution in [1.29, 1.82) is 0 Å². The van der Waals surface area contributed by atoms with Gasteiger partial charge >= 0.3 is 0 Å². The molecule has 0 fully saturated rings. The second kappa shape index (κ2) is 6.80. The van der Waals surface area contributed by atoms with Crippen molar-refractivity contribution in [3.05, 3.63) is 59.4 Å². The number of aromatic nitrogens is 1. The monoisotopic (exact) mass is 305 g/mol. The first kappa shape index (κ1) is 15.6. The third-order valence-corrected chi connectivity index (χ3v) is 4.76. The SMILES string of the molecule is Cc1cc(S(=O)(=O)NCCc2ccncc2)ccc1CN. The minimum Gasteiger partial charge on any atom is -0.326 e. The number of hydrogen-bond donors (Lipinski definition) is 2. The van der Waals surface area contributed by atoms with Crippen LogP contribution in [0.2, 0.25) is 0 Å². The van der Waals surface area contributed by atoms with Crippen LogP contribution in [-0.2, 0) is 23.0 Å². The number of aryl methyl sites for hydroxylation is 1. The molecule has 0 amide bonds. The summed E-state index contributed by atoms with van der Waals surface area (Å²) in [6, 6.07) is 8.73. The van der Waals surface area contributed by atoms with Crippen LogP contribution in [0.3, 0.4) is 0 Å². The summed E-state index contributed by atoms with van der Waals surface area (Å²) in [6.07, 6.45) is 4.01. The zero-order chi connectivity index (χ0) is 15.3. The molecule has 0 saturated carbocycles. The van der Waals surface area contributed by atoms with Gasteiger partial charge in [0.2, 0.25) is 10.0 Å². The Morgan fingerprint density at radius 1 is 1.19 bits per heavy atom. The van der Waals surface area contributed by atoms with Crippen molar-refractivity contribution in [3.63, 3.8) is 0 Å². The summed E-state index contributed by atoms with van der Waals surface area (Å²) < 4.78 is 27.0. The third-order valence-electron chi connectivity index (χ3n) is 3.30. The van der Waals surface area contributed by atoms with Gasteiger partial charge in [-0.25, -0.2) is 13.1 Å². The van der Waals surface area contributed by atoms with Gasteiger partial charge in [0.25, 0.3) is 0 Å². The molecule has 1 heterocycles. The molecule has 0 bridgehead atoms. The van der Waals surface area contributed by atoms with Gasteiger partial charge in [0, 0.05) is 25.5 Å². The zero-order valence-electron chi connectivity index (χ0n) is 11.9.